The van der Waals surface area contributed by atoms with Gasteiger partial charge in [-0.2, -0.15) is 0 Å². The Bertz CT molecular complexity index is 320. The Hall–Kier alpha value is -0.640. The van der Waals surface area contributed by atoms with Gasteiger partial charge in [0.1, 0.15) is 0 Å². The van der Waals surface area contributed by atoms with E-state index in [9.17, 15) is 9.36 Å². The second kappa shape index (κ2) is 8.46. The van der Waals surface area contributed by atoms with Crippen LogP contribution in [0.2, 0.25) is 0 Å². The highest BCUT2D eigenvalue weighted by atomic mass is 31.2. The van der Waals surface area contributed by atoms with Crippen molar-refractivity contribution < 1.29 is 23.9 Å². The molecule has 18 heavy (non-hydrogen) atoms. The molecule has 0 saturated carbocycles. The zero-order valence-electron chi connectivity index (χ0n) is 11.1. The molecule has 6 heteroatoms. The fourth-order valence-electron chi connectivity index (χ4n) is 1.44. The quantitative estimate of drug-likeness (QED) is 0.293. The van der Waals surface area contributed by atoms with Gasteiger partial charge in [0.15, 0.2) is 0 Å². The van der Waals surface area contributed by atoms with Crippen molar-refractivity contribution in [1.82, 2.24) is 0 Å². The molecule has 0 aromatic heterocycles. The van der Waals surface area contributed by atoms with Crippen LogP contribution in [0.3, 0.4) is 0 Å². The van der Waals surface area contributed by atoms with E-state index in [-0.39, 0.29) is 12.0 Å². The maximum absolute atomic E-state index is 11.3. The van der Waals surface area contributed by atoms with Crippen molar-refractivity contribution in [2.24, 2.45) is 0 Å². The van der Waals surface area contributed by atoms with E-state index in [2.05, 4.69) is 13.5 Å². The molecule has 2 N–H and O–H groups in total. The summed E-state index contributed by atoms with van der Waals surface area (Å²) in [5, 5.41) is 0. The van der Waals surface area contributed by atoms with Crippen molar-refractivity contribution >= 4 is 13.6 Å². The van der Waals surface area contributed by atoms with Crippen molar-refractivity contribution in [3.8, 4) is 0 Å². The Kier molecular flexibility index (Phi) is 8.16. The van der Waals surface area contributed by atoms with Gasteiger partial charge in [0.05, 0.1) is 0 Å². The van der Waals surface area contributed by atoms with Crippen LogP contribution in [0, 0.1) is 0 Å². The van der Waals surface area contributed by atoms with Gasteiger partial charge in [0, 0.05) is 5.57 Å². The second-order valence-electron chi connectivity index (χ2n) is 4.43. The Morgan fingerprint density at radius 2 is 1.83 bits per heavy atom. The standard InChI is InChI=1S/C12H23O5P/c1-4-5-6-7-8-9-11(18(14,15)16)17-12(13)10(2)3/h11H,2,4-9H2,1,3H3,(H2,14,15,16). The van der Waals surface area contributed by atoms with Gasteiger partial charge in [-0.05, 0) is 19.8 Å². The van der Waals surface area contributed by atoms with Crippen LogP contribution in [0.5, 0.6) is 0 Å². The van der Waals surface area contributed by atoms with E-state index in [0.29, 0.717) is 6.42 Å². The van der Waals surface area contributed by atoms with Gasteiger partial charge >= 0.3 is 13.6 Å². The van der Waals surface area contributed by atoms with Crippen LogP contribution in [0.4, 0.5) is 0 Å². The Balaban J connectivity index is 4.22. The van der Waals surface area contributed by atoms with Crippen LogP contribution in [0.1, 0.15) is 52.4 Å². The molecular formula is C12H23O5P. The average Bonchev–Trinajstić information content (AvgIpc) is 2.25. The maximum Gasteiger partial charge on any atom is 0.365 e. The molecule has 0 aliphatic heterocycles. The number of hydrogen-bond donors (Lipinski definition) is 2. The average molecular weight is 278 g/mol. The highest BCUT2D eigenvalue weighted by Crippen LogP contribution is 2.44. The van der Waals surface area contributed by atoms with Crippen molar-refractivity contribution in [2.45, 2.75) is 58.2 Å². The van der Waals surface area contributed by atoms with Crippen LogP contribution in [0.15, 0.2) is 12.2 Å². The van der Waals surface area contributed by atoms with E-state index in [0.717, 1.165) is 25.7 Å². The normalized spacial score (nSPS) is 13.1. The van der Waals surface area contributed by atoms with Crippen molar-refractivity contribution in [1.29, 1.82) is 0 Å². The molecular weight excluding hydrogens is 255 g/mol. The smallest absolute Gasteiger partial charge is 0.365 e. The third kappa shape index (κ3) is 7.64. The van der Waals surface area contributed by atoms with Crippen LogP contribution >= 0.6 is 7.60 Å². The Morgan fingerprint density at radius 3 is 2.28 bits per heavy atom. The number of ether oxygens (including phenoxy) is 1. The molecule has 0 radical (unpaired) electrons. The van der Waals surface area contributed by atoms with Gasteiger partial charge in [-0.15, -0.1) is 0 Å². The molecule has 0 aromatic rings. The lowest BCUT2D eigenvalue weighted by Crippen LogP contribution is -2.18. The molecule has 1 atom stereocenters. The predicted octanol–water partition coefficient (Wildman–Crippen LogP) is 2.97. The van der Waals surface area contributed by atoms with E-state index in [1.54, 1.807) is 0 Å². The summed E-state index contributed by atoms with van der Waals surface area (Å²) in [4.78, 5) is 29.5. The maximum atomic E-state index is 11.3. The molecule has 0 aromatic carbocycles. The number of carbonyl (C=O) groups is 1. The van der Waals surface area contributed by atoms with E-state index >= 15 is 0 Å². The summed E-state index contributed by atoms with van der Waals surface area (Å²) < 4.78 is 16.0. The predicted molar refractivity (Wildman–Crippen MR) is 70.1 cm³/mol. The fourth-order valence-corrected chi connectivity index (χ4v) is 2.19. The summed E-state index contributed by atoms with van der Waals surface area (Å²) in [7, 11) is -4.41. The topological polar surface area (TPSA) is 83.8 Å². The first-order chi connectivity index (χ1) is 8.29. The first kappa shape index (κ1) is 17.4. The van der Waals surface area contributed by atoms with Gasteiger partial charge in [-0.3, -0.25) is 4.57 Å². The Labute approximate surface area is 108 Å². The van der Waals surface area contributed by atoms with Crippen molar-refractivity contribution in [3.05, 3.63) is 12.2 Å². The van der Waals surface area contributed by atoms with E-state index in [1.807, 2.05) is 0 Å². The van der Waals surface area contributed by atoms with E-state index < -0.39 is 19.4 Å². The zero-order valence-corrected chi connectivity index (χ0v) is 12.0. The molecule has 0 saturated heterocycles. The zero-order chi connectivity index (χ0) is 14.2. The minimum atomic E-state index is -4.41. The van der Waals surface area contributed by atoms with Crippen LogP contribution in [-0.2, 0) is 14.1 Å². The fraction of sp³-hybridized carbons (Fsp3) is 0.750. The molecule has 0 rings (SSSR count). The van der Waals surface area contributed by atoms with Crippen LogP contribution in [-0.4, -0.2) is 21.6 Å². The molecule has 1 unspecified atom stereocenters. The van der Waals surface area contributed by atoms with Crippen molar-refractivity contribution in [2.75, 3.05) is 0 Å². The molecule has 0 bridgehead atoms. The first-order valence-electron chi connectivity index (χ1n) is 6.20. The number of esters is 1. The molecule has 0 heterocycles. The largest absolute Gasteiger partial charge is 0.446 e. The summed E-state index contributed by atoms with van der Waals surface area (Å²) in [6.45, 7) is 6.92. The summed E-state index contributed by atoms with van der Waals surface area (Å²) in [5.41, 5.74) is 0.138. The van der Waals surface area contributed by atoms with Gasteiger partial charge in [-0.1, -0.05) is 39.2 Å². The lowest BCUT2D eigenvalue weighted by Gasteiger charge is -2.18. The molecule has 0 spiro atoms. The third-order valence-electron chi connectivity index (χ3n) is 2.52. The number of carbonyl (C=O) groups excluding carboxylic acids is 1. The molecule has 0 fully saturated rings. The monoisotopic (exact) mass is 278 g/mol. The highest BCUT2D eigenvalue weighted by molar-refractivity contribution is 7.52. The molecule has 0 aliphatic rings. The molecule has 0 aliphatic carbocycles. The lowest BCUT2D eigenvalue weighted by atomic mass is 10.1. The molecule has 0 amide bonds. The highest BCUT2D eigenvalue weighted by Gasteiger charge is 2.32. The SMILES string of the molecule is C=C(C)C(=O)OC(CCCCCCC)P(=O)(O)O. The van der Waals surface area contributed by atoms with Gasteiger partial charge in [0.2, 0.25) is 5.85 Å². The number of rotatable bonds is 9. The first-order valence-corrected chi connectivity index (χ1v) is 7.89. The third-order valence-corrected chi connectivity index (χ3v) is 3.64. The number of hydrogen-bond acceptors (Lipinski definition) is 3. The van der Waals surface area contributed by atoms with Crippen LogP contribution < -0.4 is 0 Å². The minimum absolute atomic E-state index is 0.138. The summed E-state index contributed by atoms with van der Waals surface area (Å²) >= 11 is 0. The van der Waals surface area contributed by atoms with Gasteiger partial charge in [-0.25, -0.2) is 4.79 Å². The van der Waals surface area contributed by atoms with Gasteiger partial charge < -0.3 is 14.5 Å². The summed E-state index contributed by atoms with van der Waals surface area (Å²) in [6, 6.07) is 0. The molecule has 106 valence electrons. The van der Waals surface area contributed by atoms with Crippen molar-refractivity contribution in [3.63, 3.8) is 0 Å². The summed E-state index contributed by atoms with van der Waals surface area (Å²) in [5.74, 6) is -2.10. The van der Waals surface area contributed by atoms with E-state index in [1.165, 1.54) is 6.92 Å². The number of unbranched alkanes of at least 4 members (excludes halogenated alkanes) is 4. The minimum Gasteiger partial charge on any atom is -0.446 e. The lowest BCUT2D eigenvalue weighted by molar-refractivity contribution is -0.141. The van der Waals surface area contributed by atoms with E-state index in [4.69, 9.17) is 14.5 Å². The second-order valence-corrected chi connectivity index (χ2v) is 6.19. The molecule has 5 nitrogen and oxygen atoms in total. The Morgan fingerprint density at radius 1 is 1.28 bits per heavy atom. The van der Waals surface area contributed by atoms with Crippen LogP contribution in [0.25, 0.3) is 0 Å². The summed E-state index contributed by atoms with van der Waals surface area (Å²) in [6.07, 6.45) is 4.94. The van der Waals surface area contributed by atoms with Gasteiger partial charge in [0.25, 0.3) is 0 Å².